The number of hydrogen-bond acceptors (Lipinski definition) is 6. The van der Waals surface area contributed by atoms with Gasteiger partial charge in [-0.15, -0.1) is 0 Å². The molecule has 0 fully saturated rings. The zero-order valence-corrected chi connectivity index (χ0v) is 18.8. The fourth-order valence-corrected chi connectivity index (χ4v) is 4.93. The number of ether oxygens (including phenoxy) is 2. The number of carbonyl (C=O) groups is 1. The summed E-state index contributed by atoms with van der Waals surface area (Å²) in [7, 11) is 3.21. The predicted molar refractivity (Wildman–Crippen MR) is 122 cm³/mol. The van der Waals surface area contributed by atoms with Crippen LogP contribution in [0.15, 0.2) is 58.3 Å². The zero-order chi connectivity index (χ0) is 22.4. The Morgan fingerprint density at radius 3 is 2.47 bits per heavy atom. The number of methoxy groups -OCH3 is 2. The van der Waals surface area contributed by atoms with Gasteiger partial charge in [-0.1, -0.05) is 35.0 Å². The number of Topliss-reactive ketones (excluding diaryl/α,β-unsaturated/α-hetero) is 1. The molecule has 3 aromatic rings. The first kappa shape index (κ1) is 20.6. The SMILES string of the molecule is COc1ccc([C@@H]2C3=C(C[C@@H](c4ccc(Cl)cc4)CC3=O)Nc3onc(C)c32)cc1OC. The molecule has 2 atom stereocenters. The highest BCUT2D eigenvalue weighted by Gasteiger charge is 2.41. The molecule has 0 saturated carbocycles. The van der Waals surface area contributed by atoms with Crippen molar-refractivity contribution in [2.75, 3.05) is 19.5 Å². The molecular weight excluding hydrogens is 428 g/mol. The van der Waals surface area contributed by atoms with Gasteiger partial charge in [0.2, 0.25) is 5.88 Å². The normalized spacial score (nSPS) is 19.8. The van der Waals surface area contributed by atoms with Gasteiger partial charge in [0.25, 0.3) is 0 Å². The van der Waals surface area contributed by atoms with Crippen LogP contribution in [0.2, 0.25) is 5.02 Å². The van der Waals surface area contributed by atoms with E-state index >= 15 is 0 Å². The number of aromatic nitrogens is 1. The number of benzene rings is 2. The van der Waals surface area contributed by atoms with Crippen LogP contribution in [0, 0.1) is 6.92 Å². The quantitative estimate of drug-likeness (QED) is 0.556. The van der Waals surface area contributed by atoms with Gasteiger partial charge in [0.1, 0.15) is 0 Å². The summed E-state index contributed by atoms with van der Waals surface area (Å²) in [5.74, 6) is 1.74. The van der Waals surface area contributed by atoms with Crippen molar-refractivity contribution in [1.82, 2.24) is 5.16 Å². The van der Waals surface area contributed by atoms with Crippen LogP contribution in [0.3, 0.4) is 0 Å². The number of anilines is 1. The molecule has 2 aliphatic rings. The lowest BCUT2D eigenvalue weighted by atomic mass is 9.72. The number of fused-ring (bicyclic) bond motifs is 1. The van der Waals surface area contributed by atoms with Crippen molar-refractivity contribution >= 4 is 23.3 Å². The minimum atomic E-state index is -0.286. The Morgan fingerprint density at radius 1 is 1.03 bits per heavy atom. The van der Waals surface area contributed by atoms with E-state index in [1.165, 1.54) is 0 Å². The van der Waals surface area contributed by atoms with Crippen LogP contribution in [0.1, 0.15) is 47.1 Å². The van der Waals surface area contributed by atoms with Gasteiger partial charge in [-0.2, -0.15) is 0 Å². The van der Waals surface area contributed by atoms with E-state index in [1.807, 2.05) is 49.4 Å². The number of halogens is 1. The topological polar surface area (TPSA) is 73.6 Å². The van der Waals surface area contributed by atoms with E-state index in [1.54, 1.807) is 14.2 Å². The fourth-order valence-electron chi connectivity index (χ4n) is 4.81. The van der Waals surface area contributed by atoms with Crippen molar-refractivity contribution in [3.8, 4) is 11.5 Å². The average Bonchev–Trinajstić information content (AvgIpc) is 3.17. The zero-order valence-electron chi connectivity index (χ0n) is 18.1. The predicted octanol–water partition coefficient (Wildman–Crippen LogP) is 5.61. The fraction of sp³-hybridized carbons (Fsp3) is 0.280. The summed E-state index contributed by atoms with van der Waals surface area (Å²) < 4.78 is 16.5. The molecular formula is C25H23ClN2O4. The number of hydrogen-bond donors (Lipinski definition) is 1. The van der Waals surface area contributed by atoms with E-state index in [2.05, 4.69) is 10.5 Å². The summed E-state index contributed by atoms with van der Waals surface area (Å²) in [6, 6.07) is 13.5. The summed E-state index contributed by atoms with van der Waals surface area (Å²) in [5, 5.41) is 8.22. The van der Waals surface area contributed by atoms with E-state index in [0.717, 1.165) is 33.7 Å². The van der Waals surface area contributed by atoms with Gasteiger partial charge >= 0.3 is 0 Å². The largest absolute Gasteiger partial charge is 0.493 e. The lowest BCUT2D eigenvalue weighted by molar-refractivity contribution is -0.116. The van der Waals surface area contributed by atoms with E-state index in [9.17, 15) is 4.79 Å². The number of carbonyl (C=O) groups excluding carboxylic acids is 1. The van der Waals surface area contributed by atoms with Crippen molar-refractivity contribution in [2.45, 2.75) is 31.6 Å². The molecule has 32 heavy (non-hydrogen) atoms. The van der Waals surface area contributed by atoms with Gasteiger partial charge in [0.05, 0.1) is 25.5 Å². The smallest absolute Gasteiger partial charge is 0.233 e. The Labute approximate surface area is 191 Å². The molecule has 0 spiro atoms. The first-order valence-electron chi connectivity index (χ1n) is 10.5. The first-order valence-corrected chi connectivity index (χ1v) is 10.8. The van der Waals surface area contributed by atoms with Crippen LogP contribution in [-0.2, 0) is 4.79 Å². The third-order valence-corrected chi connectivity index (χ3v) is 6.59. The van der Waals surface area contributed by atoms with Crippen LogP contribution in [0.4, 0.5) is 5.88 Å². The Morgan fingerprint density at radius 2 is 1.75 bits per heavy atom. The van der Waals surface area contributed by atoms with Gasteiger partial charge in [-0.05, 0) is 54.7 Å². The third-order valence-electron chi connectivity index (χ3n) is 6.34. The lowest BCUT2D eigenvalue weighted by Gasteiger charge is -2.34. The van der Waals surface area contributed by atoms with Gasteiger partial charge in [-0.25, -0.2) is 0 Å². The molecule has 0 radical (unpaired) electrons. The minimum Gasteiger partial charge on any atom is -0.493 e. The molecule has 164 valence electrons. The second kappa shape index (κ2) is 8.02. The Bertz CT molecular complexity index is 1230. The molecule has 2 aromatic carbocycles. The average molecular weight is 451 g/mol. The van der Waals surface area contributed by atoms with Crippen LogP contribution < -0.4 is 14.8 Å². The van der Waals surface area contributed by atoms with E-state index in [4.69, 9.17) is 25.6 Å². The highest BCUT2D eigenvalue weighted by Crippen LogP contribution is 2.50. The number of rotatable bonds is 4. The Hall–Kier alpha value is -3.25. The summed E-state index contributed by atoms with van der Waals surface area (Å²) >= 11 is 6.05. The summed E-state index contributed by atoms with van der Waals surface area (Å²) in [4.78, 5) is 13.6. The minimum absolute atomic E-state index is 0.0719. The number of ketones is 1. The maximum absolute atomic E-state index is 13.6. The molecule has 6 nitrogen and oxygen atoms in total. The maximum Gasteiger partial charge on any atom is 0.233 e. The van der Waals surface area contributed by atoms with Crippen LogP contribution in [0.25, 0.3) is 0 Å². The second-order valence-corrected chi connectivity index (χ2v) is 8.59. The molecule has 1 aliphatic carbocycles. The summed E-state index contributed by atoms with van der Waals surface area (Å²) in [6.45, 7) is 1.90. The van der Waals surface area contributed by atoms with Crippen LogP contribution in [0.5, 0.6) is 11.5 Å². The van der Waals surface area contributed by atoms with Gasteiger partial charge in [0, 0.05) is 28.6 Å². The highest BCUT2D eigenvalue weighted by molar-refractivity contribution is 6.30. The molecule has 7 heteroatoms. The summed E-state index contributed by atoms with van der Waals surface area (Å²) in [6.07, 6.45) is 1.14. The third kappa shape index (κ3) is 3.35. The van der Waals surface area contributed by atoms with Gasteiger partial charge in [0.15, 0.2) is 17.3 Å². The van der Waals surface area contributed by atoms with Crippen molar-refractivity contribution in [2.24, 2.45) is 0 Å². The maximum atomic E-state index is 13.6. The Balaban J connectivity index is 1.62. The highest BCUT2D eigenvalue weighted by atomic mass is 35.5. The standard InChI is InChI=1S/C25H23ClN2O4/c1-13-22-23(15-6-9-20(30-2)21(12-15)31-3)24-18(27-25(22)32-28-13)10-16(11-19(24)29)14-4-7-17(26)8-5-14/h4-9,12,16,23,27H,10-11H2,1-3H3/t16-,23+/m1/s1. The van der Waals surface area contributed by atoms with Crippen LogP contribution in [-0.4, -0.2) is 25.2 Å². The number of nitrogens with one attached hydrogen (secondary N) is 1. The second-order valence-electron chi connectivity index (χ2n) is 8.16. The van der Waals surface area contributed by atoms with Crippen molar-refractivity contribution in [1.29, 1.82) is 0 Å². The Kier molecular flexibility index (Phi) is 5.18. The van der Waals surface area contributed by atoms with Gasteiger partial charge < -0.3 is 19.3 Å². The molecule has 1 aromatic heterocycles. The van der Waals surface area contributed by atoms with Crippen molar-refractivity contribution in [3.63, 3.8) is 0 Å². The molecule has 0 bridgehead atoms. The molecule has 0 saturated heterocycles. The number of aryl methyl sites for hydroxylation is 1. The number of allylic oxidation sites excluding steroid dienone is 2. The van der Waals surface area contributed by atoms with Crippen LogP contribution >= 0.6 is 11.6 Å². The van der Waals surface area contributed by atoms with E-state index in [0.29, 0.717) is 35.2 Å². The molecule has 2 heterocycles. The molecule has 0 amide bonds. The lowest BCUT2D eigenvalue weighted by Crippen LogP contribution is -2.29. The number of nitrogens with zero attached hydrogens (tertiary/aromatic N) is 1. The monoisotopic (exact) mass is 450 g/mol. The summed E-state index contributed by atoms with van der Waals surface area (Å²) in [5.41, 5.74) is 5.31. The van der Waals surface area contributed by atoms with E-state index in [-0.39, 0.29) is 17.6 Å². The van der Waals surface area contributed by atoms with Crippen molar-refractivity contribution in [3.05, 3.63) is 81.1 Å². The van der Waals surface area contributed by atoms with Crippen molar-refractivity contribution < 1.29 is 18.8 Å². The molecule has 0 unspecified atom stereocenters. The molecule has 5 rings (SSSR count). The van der Waals surface area contributed by atoms with E-state index < -0.39 is 0 Å². The first-order chi connectivity index (χ1) is 15.5. The molecule has 1 aliphatic heterocycles. The van der Waals surface area contributed by atoms with Gasteiger partial charge in [-0.3, -0.25) is 4.79 Å². The molecule has 1 N–H and O–H groups in total.